The maximum Gasteiger partial charge on any atom is 0.256 e. The van der Waals surface area contributed by atoms with Gasteiger partial charge in [-0.05, 0) is 24.6 Å². The smallest absolute Gasteiger partial charge is 0.256 e. The Balaban J connectivity index is 1.95. The number of carbonyl (C=O) groups excluding carboxylic acids is 2. The molecule has 0 bridgehead atoms. The van der Waals surface area contributed by atoms with Crippen molar-refractivity contribution in [1.82, 2.24) is 14.9 Å². The van der Waals surface area contributed by atoms with Gasteiger partial charge in [-0.15, -0.1) is 0 Å². The summed E-state index contributed by atoms with van der Waals surface area (Å²) in [6.45, 7) is 1.70. The third-order valence-electron chi connectivity index (χ3n) is 5.16. The van der Waals surface area contributed by atoms with Gasteiger partial charge in [0.2, 0.25) is 0 Å². The van der Waals surface area contributed by atoms with Crippen LogP contribution in [0.15, 0.2) is 54.7 Å². The second-order valence-electron chi connectivity index (χ2n) is 6.60. The molecule has 2 atom stereocenters. The summed E-state index contributed by atoms with van der Waals surface area (Å²) in [5.41, 5.74) is 5.78. The number of nitrogens with zero attached hydrogens (tertiary/aromatic N) is 2. The molecule has 3 N–H and O–H groups in total. The number of hydrogen-bond acceptors (Lipinski definition) is 3. The normalized spacial score (nSPS) is 17.4. The van der Waals surface area contributed by atoms with Crippen molar-refractivity contribution in [2.24, 2.45) is 12.9 Å². The van der Waals surface area contributed by atoms with Gasteiger partial charge in [0.05, 0.1) is 6.04 Å². The second kappa shape index (κ2) is 6.00. The number of hydrazine groups is 1. The van der Waals surface area contributed by atoms with Crippen molar-refractivity contribution in [2.75, 3.05) is 0 Å². The zero-order valence-electron chi connectivity index (χ0n) is 14.6. The van der Waals surface area contributed by atoms with Crippen LogP contribution >= 0.6 is 0 Å². The summed E-state index contributed by atoms with van der Waals surface area (Å²) < 4.78 is 2.04. The average Bonchev–Trinajstić information content (AvgIpc) is 3.15. The number of nitrogens with one attached hydrogen (secondary N) is 1. The van der Waals surface area contributed by atoms with Gasteiger partial charge in [-0.25, -0.2) is 5.84 Å². The first-order valence-corrected chi connectivity index (χ1v) is 8.50. The lowest BCUT2D eigenvalue weighted by atomic mass is 9.97. The first-order valence-electron chi connectivity index (χ1n) is 8.50. The number of amides is 2. The van der Waals surface area contributed by atoms with Crippen LogP contribution in [0.4, 0.5) is 0 Å². The number of nitrogens with two attached hydrogens (primary N) is 1. The molecule has 2 unspecified atom stereocenters. The molecule has 0 saturated heterocycles. The van der Waals surface area contributed by atoms with Crippen molar-refractivity contribution in [3.8, 4) is 0 Å². The van der Waals surface area contributed by atoms with E-state index >= 15 is 0 Å². The third-order valence-corrected chi connectivity index (χ3v) is 5.16. The maximum atomic E-state index is 13.1. The Bertz CT molecular complexity index is 1020. The van der Waals surface area contributed by atoms with Crippen LogP contribution in [0, 0.1) is 0 Å². The van der Waals surface area contributed by atoms with E-state index in [0.717, 1.165) is 22.0 Å². The summed E-state index contributed by atoms with van der Waals surface area (Å²) in [5, 5.41) is 1.06. The Kier molecular flexibility index (Phi) is 3.77. The van der Waals surface area contributed by atoms with Gasteiger partial charge in [0.15, 0.2) is 0 Å². The molecule has 1 aromatic heterocycles. The lowest BCUT2D eigenvalue weighted by Crippen LogP contribution is -2.49. The number of hydrogen-bond donors (Lipinski definition) is 2. The number of aromatic nitrogens is 1. The molecule has 0 radical (unpaired) electrons. The van der Waals surface area contributed by atoms with Crippen LogP contribution in [0.25, 0.3) is 10.9 Å². The van der Waals surface area contributed by atoms with E-state index in [4.69, 9.17) is 5.84 Å². The van der Waals surface area contributed by atoms with Gasteiger partial charge in [0.1, 0.15) is 6.04 Å². The van der Waals surface area contributed by atoms with Crippen molar-refractivity contribution in [3.63, 3.8) is 0 Å². The number of fused-ring (bicyclic) bond motifs is 2. The summed E-state index contributed by atoms with van der Waals surface area (Å²) >= 11 is 0. The molecule has 2 amide bonds. The van der Waals surface area contributed by atoms with Crippen LogP contribution in [-0.4, -0.2) is 27.3 Å². The highest BCUT2D eigenvalue weighted by molar-refractivity contribution is 6.03. The highest BCUT2D eigenvalue weighted by Gasteiger charge is 2.43. The van der Waals surface area contributed by atoms with Crippen molar-refractivity contribution < 1.29 is 9.59 Å². The molecule has 2 aromatic carbocycles. The van der Waals surface area contributed by atoms with Gasteiger partial charge in [-0.2, -0.15) is 0 Å². The van der Waals surface area contributed by atoms with E-state index in [9.17, 15) is 9.59 Å². The molecule has 0 spiro atoms. The summed E-state index contributed by atoms with van der Waals surface area (Å²) in [6.07, 6.45) is 2.03. The Morgan fingerprint density at radius 1 is 1.12 bits per heavy atom. The van der Waals surface area contributed by atoms with Crippen molar-refractivity contribution in [2.45, 2.75) is 19.0 Å². The molecule has 1 aliphatic rings. The molecule has 0 aliphatic carbocycles. The number of aryl methyl sites for hydroxylation is 1. The highest BCUT2D eigenvalue weighted by atomic mass is 16.2. The maximum absolute atomic E-state index is 13.1. The van der Waals surface area contributed by atoms with E-state index < -0.39 is 11.9 Å². The van der Waals surface area contributed by atoms with Gasteiger partial charge in [-0.3, -0.25) is 15.0 Å². The quantitative estimate of drug-likeness (QED) is 0.432. The van der Waals surface area contributed by atoms with Crippen LogP contribution in [0.2, 0.25) is 0 Å². The fourth-order valence-electron chi connectivity index (χ4n) is 3.89. The van der Waals surface area contributed by atoms with E-state index in [1.54, 1.807) is 11.8 Å². The summed E-state index contributed by atoms with van der Waals surface area (Å²) in [7, 11) is 1.98. The Morgan fingerprint density at radius 2 is 1.81 bits per heavy atom. The van der Waals surface area contributed by atoms with Crippen molar-refractivity contribution in [1.29, 1.82) is 0 Å². The number of para-hydroxylation sites is 1. The first kappa shape index (κ1) is 16.4. The fourth-order valence-corrected chi connectivity index (χ4v) is 3.89. The van der Waals surface area contributed by atoms with E-state index in [1.807, 2.05) is 66.3 Å². The van der Waals surface area contributed by atoms with Crippen LogP contribution in [-0.2, 0) is 11.8 Å². The molecule has 26 heavy (non-hydrogen) atoms. The number of benzene rings is 2. The minimum Gasteiger partial charge on any atom is -0.350 e. The fraction of sp³-hybridized carbons (Fsp3) is 0.200. The predicted octanol–water partition coefficient (Wildman–Crippen LogP) is 2.10. The minimum atomic E-state index is -0.691. The number of carbonyl (C=O) groups is 2. The van der Waals surface area contributed by atoms with Crippen LogP contribution in [0.5, 0.6) is 0 Å². The van der Waals surface area contributed by atoms with Gasteiger partial charge >= 0.3 is 0 Å². The molecule has 4 rings (SSSR count). The van der Waals surface area contributed by atoms with E-state index in [0.29, 0.717) is 5.56 Å². The summed E-state index contributed by atoms with van der Waals surface area (Å²) in [4.78, 5) is 26.9. The van der Waals surface area contributed by atoms with Gasteiger partial charge in [0.25, 0.3) is 11.8 Å². The Hall–Kier alpha value is -3.12. The topological polar surface area (TPSA) is 80.4 Å². The zero-order chi connectivity index (χ0) is 18.4. The molecule has 6 nitrogen and oxygen atoms in total. The largest absolute Gasteiger partial charge is 0.350 e. The first-order chi connectivity index (χ1) is 12.5. The molecule has 0 saturated carbocycles. The minimum absolute atomic E-state index is 0.158. The second-order valence-corrected chi connectivity index (χ2v) is 6.60. The molecule has 132 valence electrons. The third kappa shape index (κ3) is 2.23. The van der Waals surface area contributed by atoms with Gasteiger partial charge in [0, 0.05) is 35.3 Å². The van der Waals surface area contributed by atoms with Crippen LogP contribution in [0.1, 0.15) is 34.5 Å². The van der Waals surface area contributed by atoms with Gasteiger partial charge < -0.3 is 9.47 Å². The monoisotopic (exact) mass is 348 g/mol. The highest BCUT2D eigenvalue weighted by Crippen LogP contribution is 2.42. The molecule has 3 aromatic rings. The van der Waals surface area contributed by atoms with Gasteiger partial charge in [-0.1, -0.05) is 36.4 Å². The van der Waals surface area contributed by atoms with Crippen LogP contribution < -0.4 is 11.3 Å². The zero-order valence-corrected chi connectivity index (χ0v) is 14.6. The molecule has 2 heterocycles. The summed E-state index contributed by atoms with van der Waals surface area (Å²) in [5.74, 6) is 4.78. The molecular weight excluding hydrogens is 328 g/mol. The molecule has 6 heteroatoms. The lowest BCUT2D eigenvalue weighted by molar-refractivity contribution is -0.125. The van der Waals surface area contributed by atoms with E-state index in [1.165, 1.54) is 0 Å². The van der Waals surface area contributed by atoms with E-state index in [2.05, 4.69) is 5.43 Å². The van der Waals surface area contributed by atoms with Crippen molar-refractivity contribution in [3.05, 3.63) is 71.4 Å². The molecular formula is C20H20N4O2. The van der Waals surface area contributed by atoms with Crippen LogP contribution in [0.3, 0.4) is 0 Å². The Labute approximate surface area is 151 Å². The SMILES string of the molecule is CC(C(=O)NN)N1C(=O)c2ccccc2C1c1cn(C)c2ccccc12. The lowest BCUT2D eigenvalue weighted by Gasteiger charge is -2.30. The Morgan fingerprint density at radius 3 is 2.58 bits per heavy atom. The van der Waals surface area contributed by atoms with Crippen molar-refractivity contribution >= 4 is 22.7 Å². The average molecular weight is 348 g/mol. The molecule has 0 fully saturated rings. The standard InChI is InChI=1S/C20H20N4O2/c1-12(19(25)22-21)24-18(14-8-3-4-9-15(14)20(24)26)16-11-23(2)17-10-6-5-7-13(16)17/h3-12,18H,21H2,1-2H3,(H,22,25). The number of rotatable bonds is 3. The molecule has 1 aliphatic heterocycles. The summed E-state index contributed by atoms with van der Waals surface area (Å²) in [6, 6.07) is 14.5. The predicted molar refractivity (Wildman–Crippen MR) is 99.2 cm³/mol. The van der Waals surface area contributed by atoms with E-state index in [-0.39, 0.29) is 11.9 Å².